The molecule has 1 fully saturated rings. The van der Waals surface area contributed by atoms with E-state index < -0.39 is 10.0 Å². The number of nitrogens with one attached hydrogen (secondary N) is 1. The third-order valence-corrected chi connectivity index (χ3v) is 6.47. The fourth-order valence-electron chi connectivity index (χ4n) is 2.97. The van der Waals surface area contributed by atoms with Crippen LogP contribution in [0.5, 0.6) is 0 Å². The summed E-state index contributed by atoms with van der Waals surface area (Å²) in [5.41, 5.74) is 0. The zero-order chi connectivity index (χ0) is 19.5. The molecule has 1 aliphatic rings. The number of sulfonamides is 1. The Kier molecular flexibility index (Phi) is 6.78. The second-order valence-corrected chi connectivity index (χ2v) is 9.25. The molecule has 0 radical (unpaired) electrons. The molecule has 10 heteroatoms. The summed E-state index contributed by atoms with van der Waals surface area (Å²) in [5, 5.41) is 3.40. The van der Waals surface area contributed by atoms with E-state index in [1.54, 1.807) is 27.4 Å². The van der Waals surface area contributed by atoms with Gasteiger partial charge in [-0.15, -0.1) is 0 Å². The molecule has 0 spiro atoms. The van der Waals surface area contributed by atoms with Crippen molar-refractivity contribution < 1.29 is 13.2 Å². The number of nitrogens with zero attached hydrogens (tertiary/aromatic N) is 5. The second kappa shape index (κ2) is 8.47. The highest BCUT2D eigenvalue weighted by Gasteiger charge is 2.35. The number of methoxy groups -OCH3 is 1. The van der Waals surface area contributed by atoms with Gasteiger partial charge >= 0.3 is 0 Å². The molecule has 3 atom stereocenters. The Bertz CT molecular complexity index is 697. The Morgan fingerprint density at radius 3 is 2.62 bits per heavy atom. The molecule has 1 N–H and O–H groups in total. The van der Waals surface area contributed by atoms with E-state index in [4.69, 9.17) is 4.74 Å². The summed E-state index contributed by atoms with van der Waals surface area (Å²) in [6, 6.07) is 1.71. The number of rotatable bonds is 8. The van der Waals surface area contributed by atoms with Gasteiger partial charge in [-0.3, -0.25) is 0 Å². The standard InChI is InChI=1S/C16H30N6O3S/c1-12(11-26(23,24)21(4)5)18-13-9-22(10-14(13)25-6)15-7-8-17-16(19-15)20(2)3/h7-8,12-14,18H,9-11H2,1-6H3/t12?,13-,14+/m0/s1. The van der Waals surface area contributed by atoms with Crippen LogP contribution in [0.1, 0.15) is 6.92 Å². The van der Waals surface area contributed by atoms with Gasteiger partial charge < -0.3 is 19.9 Å². The van der Waals surface area contributed by atoms with Crippen LogP contribution in [0, 0.1) is 0 Å². The highest BCUT2D eigenvalue weighted by molar-refractivity contribution is 7.89. The van der Waals surface area contributed by atoms with Gasteiger partial charge in [0.1, 0.15) is 5.82 Å². The number of hydrogen-bond acceptors (Lipinski definition) is 8. The van der Waals surface area contributed by atoms with Crippen LogP contribution >= 0.6 is 0 Å². The third-order valence-electron chi connectivity index (χ3n) is 4.44. The fourth-order valence-corrected chi connectivity index (χ4v) is 4.00. The van der Waals surface area contributed by atoms with E-state index in [0.717, 1.165) is 5.82 Å². The summed E-state index contributed by atoms with van der Waals surface area (Å²) < 4.78 is 31.0. The van der Waals surface area contributed by atoms with E-state index in [0.29, 0.717) is 19.0 Å². The minimum Gasteiger partial charge on any atom is -0.378 e. The minimum absolute atomic E-state index is 0.0186. The molecule has 1 aromatic rings. The molecule has 9 nitrogen and oxygen atoms in total. The molecule has 1 aliphatic heterocycles. The van der Waals surface area contributed by atoms with Gasteiger partial charge in [-0.25, -0.2) is 17.7 Å². The SMILES string of the molecule is CO[C@@H]1CN(c2ccnc(N(C)C)n2)C[C@@H]1NC(C)CS(=O)(=O)N(C)C. The van der Waals surface area contributed by atoms with Crippen LogP contribution in [0.3, 0.4) is 0 Å². The minimum atomic E-state index is -3.25. The average Bonchev–Trinajstić information content (AvgIpc) is 2.97. The molecule has 0 bridgehead atoms. The van der Waals surface area contributed by atoms with E-state index >= 15 is 0 Å². The van der Waals surface area contributed by atoms with Crippen LogP contribution < -0.4 is 15.1 Å². The first-order chi connectivity index (χ1) is 12.1. The largest absolute Gasteiger partial charge is 0.378 e. The van der Waals surface area contributed by atoms with Crippen molar-refractivity contribution >= 4 is 21.8 Å². The van der Waals surface area contributed by atoms with Gasteiger partial charge in [0.25, 0.3) is 0 Å². The van der Waals surface area contributed by atoms with E-state index in [2.05, 4.69) is 20.2 Å². The maximum absolute atomic E-state index is 12.1. The summed E-state index contributed by atoms with van der Waals surface area (Å²) in [6.07, 6.45) is 1.70. The first-order valence-electron chi connectivity index (χ1n) is 8.58. The Morgan fingerprint density at radius 2 is 2.04 bits per heavy atom. The Hall–Kier alpha value is -1.49. The van der Waals surface area contributed by atoms with Crippen molar-refractivity contribution in [2.75, 3.05) is 63.9 Å². The maximum atomic E-state index is 12.1. The predicted molar refractivity (Wildman–Crippen MR) is 103 cm³/mol. The molecule has 1 aromatic heterocycles. The van der Waals surface area contributed by atoms with Crippen LogP contribution in [0.4, 0.5) is 11.8 Å². The van der Waals surface area contributed by atoms with Gasteiger partial charge in [-0.2, -0.15) is 4.98 Å². The number of hydrogen-bond donors (Lipinski definition) is 1. The summed E-state index contributed by atoms with van der Waals surface area (Å²) in [4.78, 5) is 12.8. The Balaban J connectivity index is 2.06. The molecule has 0 aromatic carbocycles. The lowest BCUT2D eigenvalue weighted by Gasteiger charge is -2.24. The summed E-state index contributed by atoms with van der Waals surface area (Å²) >= 11 is 0. The second-order valence-electron chi connectivity index (χ2n) is 7.02. The van der Waals surface area contributed by atoms with E-state index in [-0.39, 0.29) is 23.9 Å². The maximum Gasteiger partial charge on any atom is 0.226 e. The molecule has 1 saturated heterocycles. The number of ether oxygens (including phenoxy) is 1. The van der Waals surface area contributed by atoms with Crippen molar-refractivity contribution in [3.05, 3.63) is 12.3 Å². The normalized spacial score (nSPS) is 22.0. The van der Waals surface area contributed by atoms with Crippen molar-refractivity contribution in [1.82, 2.24) is 19.6 Å². The summed E-state index contributed by atoms with van der Waals surface area (Å²) in [5.74, 6) is 1.53. The first-order valence-corrected chi connectivity index (χ1v) is 10.2. The highest BCUT2D eigenvalue weighted by Crippen LogP contribution is 2.21. The molecule has 2 rings (SSSR count). The topological polar surface area (TPSA) is 90.9 Å². The van der Waals surface area contributed by atoms with Crippen molar-refractivity contribution in [1.29, 1.82) is 0 Å². The Morgan fingerprint density at radius 1 is 1.35 bits per heavy atom. The van der Waals surface area contributed by atoms with Crippen LogP contribution in [-0.4, -0.2) is 95.0 Å². The lowest BCUT2D eigenvalue weighted by molar-refractivity contribution is 0.0946. The number of aromatic nitrogens is 2. The predicted octanol–water partition coefficient (Wildman–Crippen LogP) is -0.384. The van der Waals surface area contributed by atoms with E-state index in [9.17, 15) is 8.42 Å². The molecule has 0 aliphatic carbocycles. The van der Waals surface area contributed by atoms with E-state index in [1.807, 2.05) is 32.0 Å². The third kappa shape index (κ3) is 5.03. The average molecular weight is 387 g/mol. The summed E-state index contributed by atoms with van der Waals surface area (Å²) in [7, 11) is 5.32. The molecule has 0 saturated carbocycles. The van der Waals surface area contributed by atoms with Crippen LogP contribution in [0.15, 0.2) is 12.3 Å². The zero-order valence-corrected chi connectivity index (χ0v) is 17.2. The lowest BCUT2D eigenvalue weighted by Crippen LogP contribution is -2.48. The van der Waals surface area contributed by atoms with Gasteiger partial charge in [-0.1, -0.05) is 0 Å². The fraction of sp³-hybridized carbons (Fsp3) is 0.750. The number of anilines is 2. The van der Waals surface area contributed by atoms with Crippen LogP contribution in [0.25, 0.3) is 0 Å². The molecule has 148 valence electrons. The molecule has 26 heavy (non-hydrogen) atoms. The van der Waals surface area contributed by atoms with Gasteiger partial charge in [0, 0.05) is 60.6 Å². The highest BCUT2D eigenvalue weighted by atomic mass is 32.2. The van der Waals surface area contributed by atoms with E-state index in [1.165, 1.54) is 4.31 Å². The van der Waals surface area contributed by atoms with Crippen LogP contribution in [-0.2, 0) is 14.8 Å². The molecule has 0 amide bonds. The van der Waals surface area contributed by atoms with Crippen LogP contribution in [0.2, 0.25) is 0 Å². The quantitative estimate of drug-likeness (QED) is 0.646. The molecule has 1 unspecified atom stereocenters. The Labute approximate surface area is 156 Å². The van der Waals surface area contributed by atoms with Crippen molar-refractivity contribution in [2.24, 2.45) is 0 Å². The van der Waals surface area contributed by atoms with Crippen molar-refractivity contribution in [2.45, 2.75) is 25.1 Å². The van der Waals surface area contributed by atoms with Gasteiger partial charge in [0.15, 0.2) is 0 Å². The smallest absolute Gasteiger partial charge is 0.226 e. The monoisotopic (exact) mass is 386 g/mol. The van der Waals surface area contributed by atoms with Gasteiger partial charge in [0.2, 0.25) is 16.0 Å². The lowest BCUT2D eigenvalue weighted by atomic mass is 10.2. The molecule has 2 heterocycles. The first kappa shape index (κ1) is 20.8. The van der Waals surface area contributed by atoms with Crippen molar-refractivity contribution in [3.8, 4) is 0 Å². The zero-order valence-electron chi connectivity index (χ0n) is 16.4. The van der Waals surface area contributed by atoms with Crippen molar-refractivity contribution in [3.63, 3.8) is 0 Å². The van der Waals surface area contributed by atoms with Gasteiger partial charge in [-0.05, 0) is 13.0 Å². The molecular formula is C16H30N6O3S. The summed E-state index contributed by atoms with van der Waals surface area (Å²) in [6.45, 7) is 3.26. The molecular weight excluding hydrogens is 356 g/mol. The van der Waals surface area contributed by atoms with Gasteiger partial charge in [0.05, 0.1) is 17.9 Å².